The molecule has 1 N–H and O–H groups in total. The van der Waals surface area contributed by atoms with Crippen molar-refractivity contribution in [2.24, 2.45) is 0 Å². The SMILES string of the molecule is O=[PH+]O.[Na+].[c-]1ccccc1. The zero-order chi connectivity index (χ0) is 6.95. The maximum absolute atomic E-state index is 8.51. The third-order valence-electron chi connectivity index (χ3n) is 0.607. The van der Waals surface area contributed by atoms with E-state index in [2.05, 4.69) is 6.07 Å². The van der Waals surface area contributed by atoms with Gasteiger partial charge in [0.05, 0.1) is 0 Å². The van der Waals surface area contributed by atoms with E-state index in [0.717, 1.165) is 0 Å². The molecular formula is C6H7NaO2P+. The molecule has 10 heavy (non-hydrogen) atoms. The minimum absolute atomic E-state index is 0. The molecule has 1 atom stereocenters. The molecule has 1 aromatic rings. The molecule has 0 aliphatic rings. The molecular weight excluding hydrogens is 158 g/mol. The first-order valence-corrected chi connectivity index (χ1v) is 3.19. The summed E-state index contributed by atoms with van der Waals surface area (Å²) in [7, 11) is -1.17. The summed E-state index contributed by atoms with van der Waals surface area (Å²) in [5.74, 6) is 0. The predicted octanol–water partition coefficient (Wildman–Crippen LogP) is -1.59. The van der Waals surface area contributed by atoms with Crippen LogP contribution in [0.1, 0.15) is 0 Å². The topological polar surface area (TPSA) is 37.3 Å². The predicted molar refractivity (Wildman–Crippen MR) is 36.5 cm³/mol. The maximum atomic E-state index is 8.51. The van der Waals surface area contributed by atoms with Gasteiger partial charge >= 0.3 is 38.2 Å². The molecule has 0 aliphatic heterocycles. The smallest absolute Gasteiger partial charge is 0.184 e. The van der Waals surface area contributed by atoms with Gasteiger partial charge in [-0.1, -0.05) is 0 Å². The van der Waals surface area contributed by atoms with Crippen LogP contribution in [0.5, 0.6) is 0 Å². The molecule has 0 amide bonds. The normalized spacial score (nSPS) is 6.90. The van der Waals surface area contributed by atoms with Crippen LogP contribution in [0.25, 0.3) is 0 Å². The Balaban J connectivity index is 0. The maximum Gasteiger partial charge on any atom is 1.00 e. The van der Waals surface area contributed by atoms with E-state index in [1.54, 1.807) is 0 Å². The van der Waals surface area contributed by atoms with E-state index in [1.165, 1.54) is 0 Å². The molecule has 0 saturated heterocycles. The molecule has 0 radical (unpaired) electrons. The van der Waals surface area contributed by atoms with E-state index < -0.39 is 8.69 Å². The molecule has 0 aromatic heterocycles. The van der Waals surface area contributed by atoms with Gasteiger partial charge in [0.1, 0.15) is 0 Å². The number of hydrogen-bond donors (Lipinski definition) is 1. The summed E-state index contributed by atoms with van der Waals surface area (Å²) in [6, 6.07) is 12.5. The first-order valence-electron chi connectivity index (χ1n) is 2.34. The molecule has 1 rings (SSSR count). The fourth-order valence-corrected chi connectivity index (χ4v) is 0.342. The Bertz CT molecular complexity index is 119. The first kappa shape index (κ1) is 12.9. The van der Waals surface area contributed by atoms with Gasteiger partial charge in [0.25, 0.3) is 0 Å². The van der Waals surface area contributed by atoms with E-state index in [0.29, 0.717) is 0 Å². The molecule has 1 unspecified atom stereocenters. The second-order valence-corrected chi connectivity index (χ2v) is 1.35. The van der Waals surface area contributed by atoms with E-state index in [-0.39, 0.29) is 29.6 Å². The van der Waals surface area contributed by atoms with Crippen LogP contribution >= 0.6 is 8.69 Å². The molecule has 0 heterocycles. The van der Waals surface area contributed by atoms with Crippen LogP contribution in [-0.4, -0.2) is 4.89 Å². The van der Waals surface area contributed by atoms with Gasteiger partial charge in [-0.2, -0.15) is 41.3 Å². The van der Waals surface area contributed by atoms with Crippen molar-refractivity contribution in [2.75, 3.05) is 0 Å². The summed E-state index contributed by atoms with van der Waals surface area (Å²) in [6.45, 7) is 0. The molecule has 48 valence electrons. The minimum atomic E-state index is -1.17. The summed E-state index contributed by atoms with van der Waals surface area (Å²) in [4.78, 5) is 7.04. The summed E-state index contributed by atoms with van der Waals surface area (Å²) in [6.07, 6.45) is 0. The van der Waals surface area contributed by atoms with Gasteiger partial charge in [-0.25, -0.2) is 0 Å². The quantitative estimate of drug-likeness (QED) is 0.286. The van der Waals surface area contributed by atoms with Gasteiger partial charge in [-0.3, -0.25) is 0 Å². The Kier molecular flexibility index (Phi) is 15.5. The average molecular weight is 165 g/mol. The summed E-state index contributed by atoms with van der Waals surface area (Å²) in [5, 5.41) is 0. The number of benzene rings is 1. The van der Waals surface area contributed by atoms with E-state index in [4.69, 9.17) is 9.46 Å². The van der Waals surface area contributed by atoms with Crippen molar-refractivity contribution in [2.45, 2.75) is 0 Å². The fourth-order valence-electron chi connectivity index (χ4n) is 0.342. The van der Waals surface area contributed by atoms with Crippen molar-refractivity contribution in [1.29, 1.82) is 0 Å². The Morgan fingerprint density at radius 2 is 1.60 bits per heavy atom. The molecule has 4 heteroatoms. The van der Waals surface area contributed by atoms with Crippen molar-refractivity contribution in [3.8, 4) is 0 Å². The Morgan fingerprint density at radius 3 is 1.70 bits per heavy atom. The molecule has 0 aliphatic carbocycles. The number of rotatable bonds is 0. The first-order chi connectivity index (χ1) is 4.41. The molecule has 1 aromatic carbocycles. The number of hydrogen-bond acceptors (Lipinski definition) is 1. The van der Waals surface area contributed by atoms with Crippen LogP contribution in [0.4, 0.5) is 0 Å². The van der Waals surface area contributed by atoms with Crippen molar-refractivity contribution >= 4 is 8.69 Å². The monoisotopic (exact) mass is 165 g/mol. The van der Waals surface area contributed by atoms with Gasteiger partial charge < -0.3 is 0 Å². The van der Waals surface area contributed by atoms with Crippen LogP contribution in [0, 0.1) is 6.07 Å². The van der Waals surface area contributed by atoms with Crippen LogP contribution < -0.4 is 29.6 Å². The Labute approximate surface area is 83.9 Å². The molecule has 2 nitrogen and oxygen atoms in total. The summed E-state index contributed by atoms with van der Waals surface area (Å²) >= 11 is 0. The van der Waals surface area contributed by atoms with Crippen LogP contribution in [0.15, 0.2) is 30.3 Å². The standard InChI is InChI=1S/C6H5.Na.HO2P/c1-2-4-6-5-3-1;;1-3-2/h1-5H;;3H/q-1;+1;/p+1. The summed E-state index contributed by atoms with van der Waals surface area (Å²) in [5.41, 5.74) is 0. The van der Waals surface area contributed by atoms with Gasteiger partial charge in [0.2, 0.25) is 0 Å². The van der Waals surface area contributed by atoms with Gasteiger partial charge in [-0.15, -0.1) is 0 Å². The average Bonchev–Trinajstić information content (AvgIpc) is 1.93. The van der Waals surface area contributed by atoms with E-state index in [9.17, 15) is 0 Å². The third kappa shape index (κ3) is 11.1. The van der Waals surface area contributed by atoms with Crippen molar-refractivity contribution in [3.63, 3.8) is 0 Å². The third-order valence-corrected chi connectivity index (χ3v) is 0.607. The van der Waals surface area contributed by atoms with Crippen molar-refractivity contribution in [1.82, 2.24) is 0 Å². The molecule has 0 bridgehead atoms. The van der Waals surface area contributed by atoms with Gasteiger partial charge in [0, 0.05) is 0 Å². The Morgan fingerprint density at radius 1 is 1.20 bits per heavy atom. The summed E-state index contributed by atoms with van der Waals surface area (Å²) < 4.78 is 8.51. The van der Waals surface area contributed by atoms with E-state index >= 15 is 0 Å². The fraction of sp³-hybridized carbons (Fsp3) is 0. The van der Waals surface area contributed by atoms with E-state index in [1.807, 2.05) is 30.3 Å². The zero-order valence-electron chi connectivity index (χ0n) is 5.74. The van der Waals surface area contributed by atoms with Gasteiger partial charge in [0.15, 0.2) is 0 Å². The minimum Gasteiger partial charge on any atom is -0.184 e. The second kappa shape index (κ2) is 12.0. The Hall–Kier alpha value is 0.280. The van der Waals surface area contributed by atoms with Crippen molar-refractivity contribution in [3.05, 3.63) is 36.4 Å². The molecule has 0 saturated carbocycles. The van der Waals surface area contributed by atoms with Crippen LogP contribution in [-0.2, 0) is 4.57 Å². The van der Waals surface area contributed by atoms with Crippen LogP contribution in [0.2, 0.25) is 0 Å². The molecule has 0 fully saturated rings. The van der Waals surface area contributed by atoms with Crippen LogP contribution in [0.3, 0.4) is 0 Å². The largest absolute Gasteiger partial charge is 1.00 e. The van der Waals surface area contributed by atoms with Crippen molar-refractivity contribution < 1.29 is 39.0 Å². The molecule has 0 spiro atoms. The van der Waals surface area contributed by atoms with Gasteiger partial charge in [-0.05, 0) is 4.57 Å². The zero-order valence-corrected chi connectivity index (χ0v) is 8.74. The second-order valence-electron chi connectivity index (χ2n) is 1.17.